The third-order valence-electron chi connectivity index (χ3n) is 5.41. The molecular weight excluding hydrogens is 244 g/mol. The maximum absolute atomic E-state index is 12.0. The van der Waals surface area contributed by atoms with E-state index in [0.29, 0.717) is 12.8 Å². The highest BCUT2D eigenvalue weighted by Crippen LogP contribution is 2.54. The summed E-state index contributed by atoms with van der Waals surface area (Å²) in [6, 6.07) is 0. The maximum atomic E-state index is 12.0. The molecule has 0 amide bonds. The first-order valence-electron chi connectivity index (χ1n) is 7.33. The smallest absolute Gasteiger partial charge is 0.311 e. The zero-order valence-corrected chi connectivity index (χ0v) is 12.2. The van der Waals surface area contributed by atoms with Gasteiger partial charge >= 0.3 is 11.9 Å². The number of hydrogen-bond acceptors (Lipinski definition) is 2. The number of rotatable bonds is 6. The van der Waals surface area contributed by atoms with E-state index in [1.165, 1.54) is 0 Å². The van der Waals surface area contributed by atoms with Crippen LogP contribution in [0.25, 0.3) is 0 Å². The molecule has 1 rings (SSSR count). The van der Waals surface area contributed by atoms with Crippen LogP contribution in [0.5, 0.6) is 0 Å². The van der Waals surface area contributed by atoms with Gasteiger partial charge in [0, 0.05) is 0 Å². The zero-order chi connectivity index (χ0) is 14.7. The Morgan fingerprint density at radius 1 is 1.00 bits per heavy atom. The van der Waals surface area contributed by atoms with Crippen molar-refractivity contribution < 1.29 is 19.8 Å². The van der Waals surface area contributed by atoms with Crippen molar-refractivity contribution in [3.8, 4) is 0 Å². The summed E-state index contributed by atoms with van der Waals surface area (Å²) < 4.78 is 0. The molecule has 0 bridgehead atoms. The molecule has 1 aliphatic carbocycles. The van der Waals surface area contributed by atoms with Crippen molar-refractivity contribution in [1.29, 1.82) is 0 Å². The number of aliphatic carboxylic acids is 2. The number of carbonyl (C=O) groups is 2. The van der Waals surface area contributed by atoms with Gasteiger partial charge in [0.15, 0.2) is 0 Å². The van der Waals surface area contributed by atoms with Crippen molar-refractivity contribution in [2.24, 2.45) is 16.7 Å². The van der Waals surface area contributed by atoms with Crippen LogP contribution in [0.1, 0.15) is 65.7 Å². The van der Waals surface area contributed by atoms with E-state index in [1.807, 2.05) is 6.92 Å². The van der Waals surface area contributed by atoms with E-state index >= 15 is 0 Å². The van der Waals surface area contributed by atoms with Crippen molar-refractivity contribution in [2.75, 3.05) is 0 Å². The second kappa shape index (κ2) is 5.93. The molecule has 0 aliphatic heterocycles. The molecule has 0 saturated heterocycles. The van der Waals surface area contributed by atoms with Gasteiger partial charge in [0.25, 0.3) is 0 Å². The van der Waals surface area contributed by atoms with Crippen molar-refractivity contribution >= 4 is 11.9 Å². The van der Waals surface area contributed by atoms with Crippen LogP contribution in [0, 0.1) is 16.7 Å². The normalized spacial score (nSPS) is 23.3. The van der Waals surface area contributed by atoms with Crippen LogP contribution in [0.4, 0.5) is 0 Å². The van der Waals surface area contributed by atoms with Crippen LogP contribution < -0.4 is 0 Å². The van der Waals surface area contributed by atoms with Gasteiger partial charge < -0.3 is 10.2 Å². The lowest BCUT2D eigenvalue weighted by molar-refractivity contribution is -0.182. The second-order valence-electron chi connectivity index (χ2n) is 5.96. The van der Waals surface area contributed by atoms with Crippen LogP contribution in [0.15, 0.2) is 0 Å². The fourth-order valence-electron chi connectivity index (χ4n) is 3.94. The van der Waals surface area contributed by atoms with Gasteiger partial charge in [-0.25, -0.2) is 0 Å². The predicted molar refractivity (Wildman–Crippen MR) is 73.0 cm³/mol. The first-order valence-corrected chi connectivity index (χ1v) is 7.33. The summed E-state index contributed by atoms with van der Waals surface area (Å²) in [5.41, 5.74) is -2.34. The third kappa shape index (κ3) is 2.37. The number of carboxylic acid groups (broad SMARTS) is 2. The molecule has 2 unspecified atom stereocenters. The van der Waals surface area contributed by atoms with Crippen LogP contribution in [0.2, 0.25) is 0 Å². The minimum Gasteiger partial charge on any atom is -0.481 e. The average molecular weight is 270 g/mol. The number of hydrogen-bond donors (Lipinski definition) is 2. The Balaban J connectivity index is 3.32. The first kappa shape index (κ1) is 16.0. The monoisotopic (exact) mass is 270 g/mol. The Hall–Kier alpha value is -1.06. The topological polar surface area (TPSA) is 74.6 Å². The van der Waals surface area contributed by atoms with Crippen LogP contribution in [0.3, 0.4) is 0 Å². The Morgan fingerprint density at radius 3 is 1.84 bits per heavy atom. The Morgan fingerprint density at radius 2 is 1.53 bits per heavy atom. The number of carboxylic acids is 2. The van der Waals surface area contributed by atoms with E-state index in [4.69, 9.17) is 0 Å². The molecule has 1 fully saturated rings. The molecule has 4 heteroatoms. The molecule has 1 saturated carbocycles. The first-order chi connectivity index (χ1) is 8.86. The van der Waals surface area contributed by atoms with E-state index in [-0.39, 0.29) is 5.92 Å². The molecule has 19 heavy (non-hydrogen) atoms. The van der Waals surface area contributed by atoms with Gasteiger partial charge in [-0.05, 0) is 38.5 Å². The van der Waals surface area contributed by atoms with E-state index < -0.39 is 22.8 Å². The van der Waals surface area contributed by atoms with Gasteiger partial charge in [0.05, 0.1) is 10.8 Å². The van der Waals surface area contributed by atoms with Crippen molar-refractivity contribution in [3.63, 3.8) is 0 Å². The molecule has 4 nitrogen and oxygen atoms in total. The highest BCUT2D eigenvalue weighted by atomic mass is 16.4. The largest absolute Gasteiger partial charge is 0.481 e. The molecule has 0 aromatic heterocycles. The van der Waals surface area contributed by atoms with Gasteiger partial charge in [-0.3, -0.25) is 9.59 Å². The second-order valence-corrected chi connectivity index (χ2v) is 5.96. The lowest BCUT2D eigenvalue weighted by Gasteiger charge is -2.48. The van der Waals surface area contributed by atoms with Crippen LogP contribution in [-0.2, 0) is 9.59 Å². The fraction of sp³-hybridized carbons (Fsp3) is 0.867. The van der Waals surface area contributed by atoms with Crippen LogP contribution in [-0.4, -0.2) is 22.2 Å². The summed E-state index contributed by atoms with van der Waals surface area (Å²) >= 11 is 0. The highest BCUT2D eigenvalue weighted by Gasteiger charge is 2.60. The molecule has 2 atom stereocenters. The van der Waals surface area contributed by atoms with Crippen molar-refractivity contribution in [2.45, 2.75) is 65.7 Å². The summed E-state index contributed by atoms with van der Waals surface area (Å²) in [5.74, 6) is -1.94. The van der Waals surface area contributed by atoms with E-state index in [1.54, 1.807) is 13.8 Å². The molecule has 1 aliphatic rings. The van der Waals surface area contributed by atoms with Gasteiger partial charge in [0.1, 0.15) is 0 Å². The summed E-state index contributed by atoms with van der Waals surface area (Å²) in [7, 11) is 0. The molecule has 0 heterocycles. The highest BCUT2D eigenvalue weighted by molar-refractivity contribution is 5.86. The summed E-state index contributed by atoms with van der Waals surface area (Å²) in [5, 5.41) is 19.4. The summed E-state index contributed by atoms with van der Waals surface area (Å²) in [6.07, 6.45) is 5.55. The molecule has 2 N–H and O–H groups in total. The lowest BCUT2D eigenvalue weighted by atomic mass is 9.53. The molecule has 0 aromatic rings. The quantitative estimate of drug-likeness (QED) is 0.774. The Kier molecular flexibility index (Phi) is 4.99. The Labute approximate surface area is 115 Å². The van der Waals surface area contributed by atoms with E-state index in [9.17, 15) is 19.8 Å². The standard InChI is InChI=1S/C15H26O4/c1-4-14(3,12(16)17)15(5-2,13(18)19)11-9-7-6-8-10-11/h11H,4-10H2,1-3H3,(H,16,17)(H,18,19). The van der Waals surface area contributed by atoms with Gasteiger partial charge in [-0.2, -0.15) is 0 Å². The third-order valence-corrected chi connectivity index (χ3v) is 5.41. The Bertz CT molecular complexity index is 346. The molecule has 0 aromatic carbocycles. The minimum atomic E-state index is -1.20. The van der Waals surface area contributed by atoms with Gasteiger partial charge in [-0.1, -0.05) is 33.1 Å². The van der Waals surface area contributed by atoms with Crippen LogP contribution >= 0.6 is 0 Å². The van der Waals surface area contributed by atoms with Crippen molar-refractivity contribution in [1.82, 2.24) is 0 Å². The van der Waals surface area contributed by atoms with Crippen molar-refractivity contribution in [3.05, 3.63) is 0 Å². The molecule has 0 spiro atoms. The van der Waals surface area contributed by atoms with Gasteiger partial charge in [-0.15, -0.1) is 0 Å². The van der Waals surface area contributed by atoms with E-state index in [2.05, 4.69) is 0 Å². The molecular formula is C15H26O4. The lowest BCUT2D eigenvalue weighted by Crippen LogP contribution is -2.55. The maximum Gasteiger partial charge on any atom is 0.311 e. The minimum absolute atomic E-state index is 0.0233. The predicted octanol–water partition coefficient (Wildman–Crippen LogP) is 3.55. The zero-order valence-electron chi connectivity index (χ0n) is 12.2. The van der Waals surface area contributed by atoms with E-state index in [0.717, 1.165) is 32.1 Å². The SMILES string of the molecule is CCC(C)(C(=O)O)C(CC)(C(=O)O)C1CCCCC1. The summed E-state index contributed by atoms with van der Waals surface area (Å²) in [6.45, 7) is 5.21. The molecule has 0 radical (unpaired) electrons. The fourth-order valence-corrected chi connectivity index (χ4v) is 3.94. The average Bonchev–Trinajstić information content (AvgIpc) is 2.40. The summed E-state index contributed by atoms with van der Waals surface area (Å²) in [4.78, 5) is 23.7. The van der Waals surface area contributed by atoms with Gasteiger partial charge in [0.2, 0.25) is 0 Å². The molecule has 110 valence electrons.